The van der Waals surface area contributed by atoms with Crippen LogP contribution in [0, 0.1) is 6.92 Å². The van der Waals surface area contributed by atoms with Crippen LogP contribution in [-0.4, -0.2) is 28.9 Å². The molecular formula is C12H24N4. The number of hydrogen-bond acceptors (Lipinski definition) is 3. The Morgan fingerprint density at radius 1 is 1.38 bits per heavy atom. The molecular weight excluding hydrogens is 200 g/mol. The largest absolute Gasteiger partial charge is 0.357 e. The number of aromatic nitrogens is 2. The lowest BCUT2D eigenvalue weighted by Gasteiger charge is -2.23. The van der Waals surface area contributed by atoms with Gasteiger partial charge in [0.15, 0.2) is 0 Å². The number of nitrogens with two attached hydrogens (primary N) is 1. The van der Waals surface area contributed by atoms with Crippen molar-refractivity contribution in [2.45, 2.75) is 40.2 Å². The van der Waals surface area contributed by atoms with Crippen molar-refractivity contribution in [2.75, 3.05) is 18.0 Å². The van der Waals surface area contributed by atoms with Crippen molar-refractivity contribution in [1.29, 1.82) is 0 Å². The smallest absolute Gasteiger partial charge is 0.130 e. The average Bonchev–Trinajstić information content (AvgIpc) is 2.46. The molecule has 0 amide bonds. The molecule has 1 atom stereocenters. The number of aryl methyl sites for hydroxylation is 2. The predicted octanol–water partition coefficient (Wildman–Crippen LogP) is 1.46. The molecule has 92 valence electrons. The van der Waals surface area contributed by atoms with Gasteiger partial charge in [-0.05, 0) is 34.1 Å². The van der Waals surface area contributed by atoms with Crippen LogP contribution in [-0.2, 0) is 13.5 Å². The zero-order valence-corrected chi connectivity index (χ0v) is 11.1. The topological polar surface area (TPSA) is 47.1 Å². The maximum absolute atomic E-state index is 5.90. The van der Waals surface area contributed by atoms with Crippen LogP contribution in [0.25, 0.3) is 0 Å². The van der Waals surface area contributed by atoms with Gasteiger partial charge in [-0.25, -0.2) is 0 Å². The van der Waals surface area contributed by atoms with Crippen molar-refractivity contribution in [3.8, 4) is 0 Å². The molecule has 0 aliphatic carbocycles. The fourth-order valence-electron chi connectivity index (χ4n) is 2.17. The van der Waals surface area contributed by atoms with E-state index in [2.05, 4.69) is 30.8 Å². The van der Waals surface area contributed by atoms with Gasteiger partial charge < -0.3 is 10.6 Å². The van der Waals surface area contributed by atoms with E-state index in [9.17, 15) is 0 Å². The Morgan fingerprint density at radius 3 is 2.38 bits per heavy atom. The summed E-state index contributed by atoms with van der Waals surface area (Å²) in [5, 5.41) is 4.50. The summed E-state index contributed by atoms with van der Waals surface area (Å²) in [4.78, 5) is 2.33. The second-order valence-electron chi connectivity index (χ2n) is 4.36. The molecule has 0 spiro atoms. The monoisotopic (exact) mass is 224 g/mol. The van der Waals surface area contributed by atoms with Crippen LogP contribution in [0.5, 0.6) is 0 Å². The first-order valence-corrected chi connectivity index (χ1v) is 6.04. The van der Waals surface area contributed by atoms with Crippen molar-refractivity contribution in [1.82, 2.24) is 9.78 Å². The van der Waals surface area contributed by atoms with Gasteiger partial charge >= 0.3 is 0 Å². The minimum atomic E-state index is 0.178. The van der Waals surface area contributed by atoms with E-state index in [4.69, 9.17) is 5.73 Å². The predicted molar refractivity (Wildman–Crippen MR) is 68.9 cm³/mol. The maximum atomic E-state index is 5.90. The molecule has 0 saturated heterocycles. The van der Waals surface area contributed by atoms with Crippen molar-refractivity contribution in [3.63, 3.8) is 0 Å². The molecule has 1 aromatic heterocycles. The molecule has 1 rings (SSSR count). The van der Waals surface area contributed by atoms with E-state index in [1.165, 1.54) is 11.4 Å². The second-order valence-corrected chi connectivity index (χ2v) is 4.36. The first kappa shape index (κ1) is 13.0. The van der Waals surface area contributed by atoms with Gasteiger partial charge in [0.25, 0.3) is 0 Å². The fraction of sp³-hybridized carbons (Fsp3) is 0.750. The molecule has 0 saturated carbocycles. The molecule has 0 aliphatic heterocycles. The van der Waals surface area contributed by atoms with Crippen molar-refractivity contribution in [3.05, 3.63) is 11.3 Å². The Hall–Kier alpha value is -1.03. The maximum Gasteiger partial charge on any atom is 0.130 e. The van der Waals surface area contributed by atoms with Gasteiger partial charge in [0.05, 0.1) is 5.69 Å². The van der Waals surface area contributed by atoms with Crippen LogP contribution in [0.4, 0.5) is 5.82 Å². The van der Waals surface area contributed by atoms with E-state index in [1.807, 2.05) is 18.7 Å². The van der Waals surface area contributed by atoms with E-state index in [0.29, 0.717) is 0 Å². The van der Waals surface area contributed by atoms with Gasteiger partial charge in [-0.2, -0.15) is 5.10 Å². The van der Waals surface area contributed by atoms with Crippen molar-refractivity contribution < 1.29 is 0 Å². The molecule has 1 aromatic rings. The summed E-state index contributed by atoms with van der Waals surface area (Å²) in [6, 6.07) is 0.178. The molecule has 1 unspecified atom stereocenters. The quantitative estimate of drug-likeness (QED) is 0.824. The zero-order chi connectivity index (χ0) is 12.3. The standard InChI is InChI=1S/C12H24N4/c1-6-16(7-2)12-11(8-9(3)13)10(4)14-15(12)5/h9H,6-8,13H2,1-5H3. The summed E-state index contributed by atoms with van der Waals surface area (Å²) < 4.78 is 1.97. The number of nitrogens with zero attached hydrogens (tertiary/aromatic N) is 3. The lowest BCUT2D eigenvalue weighted by molar-refractivity contribution is 0.705. The summed E-state index contributed by atoms with van der Waals surface area (Å²) in [5.41, 5.74) is 8.29. The van der Waals surface area contributed by atoms with Crippen LogP contribution in [0.2, 0.25) is 0 Å². The molecule has 0 fully saturated rings. The SMILES string of the molecule is CCN(CC)c1c(CC(C)N)c(C)nn1C. The van der Waals surface area contributed by atoms with E-state index < -0.39 is 0 Å². The van der Waals surface area contributed by atoms with Crippen LogP contribution in [0.15, 0.2) is 0 Å². The Morgan fingerprint density at radius 2 is 1.94 bits per heavy atom. The van der Waals surface area contributed by atoms with Gasteiger partial charge in [0.1, 0.15) is 5.82 Å². The van der Waals surface area contributed by atoms with Crippen LogP contribution >= 0.6 is 0 Å². The summed E-state index contributed by atoms with van der Waals surface area (Å²) in [6.45, 7) is 10.4. The average molecular weight is 224 g/mol. The number of rotatable bonds is 5. The molecule has 16 heavy (non-hydrogen) atoms. The van der Waals surface area contributed by atoms with Crippen molar-refractivity contribution >= 4 is 5.82 Å². The lowest BCUT2D eigenvalue weighted by Crippen LogP contribution is -2.27. The minimum Gasteiger partial charge on any atom is -0.357 e. The molecule has 0 aliphatic rings. The lowest BCUT2D eigenvalue weighted by atomic mass is 10.1. The third-order valence-electron chi connectivity index (χ3n) is 2.90. The highest BCUT2D eigenvalue weighted by molar-refractivity contribution is 5.50. The summed E-state index contributed by atoms with van der Waals surface area (Å²) in [6.07, 6.45) is 0.894. The summed E-state index contributed by atoms with van der Waals surface area (Å²) >= 11 is 0. The van der Waals surface area contributed by atoms with Gasteiger partial charge in [-0.3, -0.25) is 4.68 Å². The Kier molecular flexibility index (Phi) is 4.35. The summed E-state index contributed by atoms with van der Waals surface area (Å²) in [5.74, 6) is 1.22. The van der Waals surface area contributed by atoms with Crippen LogP contribution in [0.3, 0.4) is 0 Å². The van der Waals surface area contributed by atoms with E-state index in [0.717, 1.165) is 25.2 Å². The van der Waals surface area contributed by atoms with Crippen LogP contribution < -0.4 is 10.6 Å². The fourth-order valence-corrected chi connectivity index (χ4v) is 2.17. The van der Waals surface area contributed by atoms with Gasteiger partial charge in [-0.15, -0.1) is 0 Å². The Balaban J connectivity index is 3.14. The third-order valence-corrected chi connectivity index (χ3v) is 2.90. The van der Waals surface area contributed by atoms with Gasteiger partial charge in [-0.1, -0.05) is 0 Å². The highest BCUT2D eigenvalue weighted by Gasteiger charge is 2.18. The normalized spacial score (nSPS) is 12.9. The first-order chi connectivity index (χ1) is 7.51. The highest BCUT2D eigenvalue weighted by Crippen LogP contribution is 2.24. The van der Waals surface area contributed by atoms with E-state index in [-0.39, 0.29) is 6.04 Å². The number of anilines is 1. The molecule has 2 N–H and O–H groups in total. The number of hydrogen-bond donors (Lipinski definition) is 1. The summed E-state index contributed by atoms with van der Waals surface area (Å²) in [7, 11) is 2.01. The van der Waals surface area contributed by atoms with Crippen LogP contribution in [0.1, 0.15) is 32.0 Å². The Labute approximate surface area is 98.4 Å². The second kappa shape index (κ2) is 5.34. The molecule has 0 bridgehead atoms. The van der Waals surface area contributed by atoms with Gasteiger partial charge in [0, 0.05) is 31.7 Å². The van der Waals surface area contributed by atoms with Crippen molar-refractivity contribution in [2.24, 2.45) is 12.8 Å². The van der Waals surface area contributed by atoms with E-state index >= 15 is 0 Å². The zero-order valence-electron chi connectivity index (χ0n) is 11.1. The highest BCUT2D eigenvalue weighted by atomic mass is 15.4. The van der Waals surface area contributed by atoms with E-state index in [1.54, 1.807) is 0 Å². The van der Waals surface area contributed by atoms with Gasteiger partial charge in [0.2, 0.25) is 0 Å². The third kappa shape index (κ3) is 2.55. The first-order valence-electron chi connectivity index (χ1n) is 6.04. The minimum absolute atomic E-state index is 0.178. The molecule has 0 radical (unpaired) electrons. The molecule has 4 heteroatoms. The molecule has 4 nitrogen and oxygen atoms in total. The Bertz CT molecular complexity index is 337. The molecule has 1 heterocycles. The molecule has 0 aromatic carbocycles.